The highest BCUT2D eigenvalue weighted by atomic mass is 32.1. The van der Waals surface area contributed by atoms with Crippen molar-refractivity contribution in [2.75, 3.05) is 7.11 Å². The van der Waals surface area contributed by atoms with E-state index in [1.165, 1.54) is 0 Å². The summed E-state index contributed by atoms with van der Waals surface area (Å²) in [5.74, 6) is 5.89. The van der Waals surface area contributed by atoms with Crippen LogP contribution in [0.5, 0.6) is 5.75 Å². The predicted octanol–water partition coefficient (Wildman–Crippen LogP) is 2.04. The number of rotatable bonds is 3. The molecule has 0 aliphatic heterocycles. The Hall–Kier alpha value is -2.15. The molecule has 5 heteroatoms. The molecule has 1 amide bonds. The largest absolute Gasteiger partial charge is 0.497 e. The van der Waals surface area contributed by atoms with Crippen LogP contribution in [0.1, 0.15) is 19.8 Å². The zero-order valence-electron chi connectivity index (χ0n) is 11.1. The number of hydrogen-bond donors (Lipinski definition) is 1. The lowest BCUT2D eigenvalue weighted by molar-refractivity contribution is -0.116. The van der Waals surface area contributed by atoms with E-state index < -0.39 is 0 Å². The topological polar surface area (TPSA) is 50.7 Å². The zero-order valence-corrected chi connectivity index (χ0v) is 11.9. The van der Waals surface area contributed by atoms with Gasteiger partial charge < -0.3 is 10.1 Å². The van der Waals surface area contributed by atoms with Crippen LogP contribution >= 0.6 is 12.2 Å². The van der Waals surface area contributed by atoms with Crippen LogP contribution in [-0.4, -0.2) is 30.3 Å². The molecule has 0 atom stereocenters. The van der Waals surface area contributed by atoms with Crippen molar-refractivity contribution in [2.45, 2.75) is 24.9 Å². The van der Waals surface area contributed by atoms with E-state index in [1.807, 2.05) is 24.3 Å². The Morgan fingerprint density at radius 2 is 2.15 bits per heavy atom. The van der Waals surface area contributed by atoms with Crippen LogP contribution in [0.4, 0.5) is 0 Å². The smallest absolute Gasteiger partial charge is 0.296 e. The maximum Gasteiger partial charge on any atom is 0.296 e. The van der Waals surface area contributed by atoms with Crippen LogP contribution in [0.2, 0.25) is 0 Å². The summed E-state index contributed by atoms with van der Waals surface area (Å²) in [6.07, 6.45) is 1.61. The number of carbonyl (C=O) groups is 1. The van der Waals surface area contributed by atoms with E-state index in [9.17, 15) is 4.79 Å². The summed E-state index contributed by atoms with van der Waals surface area (Å²) in [5.41, 5.74) is 0.776. The number of thiocarbonyl (C=S) groups is 1. The molecule has 1 saturated carbocycles. The lowest BCUT2D eigenvalue weighted by Crippen LogP contribution is -2.45. The third-order valence-electron chi connectivity index (χ3n) is 3.09. The molecule has 0 spiro atoms. The lowest BCUT2D eigenvalue weighted by Gasteiger charge is -2.31. The number of aliphatic imine (C=N–C) groups is 1. The second-order valence-electron chi connectivity index (χ2n) is 4.49. The second kappa shape index (κ2) is 6.85. The van der Waals surface area contributed by atoms with Crippen LogP contribution in [-0.2, 0) is 4.79 Å². The van der Waals surface area contributed by atoms with E-state index in [0.717, 1.165) is 24.2 Å². The van der Waals surface area contributed by atoms with Crippen LogP contribution in [0.15, 0.2) is 29.3 Å². The fraction of sp³-hybridized carbons (Fsp3) is 0.333. The first-order chi connectivity index (χ1) is 9.71. The van der Waals surface area contributed by atoms with Crippen molar-refractivity contribution in [3.8, 4) is 17.6 Å². The van der Waals surface area contributed by atoms with Gasteiger partial charge in [-0.3, -0.25) is 4.79 Å². The fourth-order valence-corrected chi connectivity index (χ4v) is 2.06. The van der Waals surface area contributed by atoms with Crippen molar-refractivity contribution in [1.29, 1.82) is 0 Å². The number of methoxy groups -OCH3 is 1. The number of nitrogens with one attached hydrogen (secondary N) is 1. The molecule has 104 valence electrons. The zero-order chi connectivity index (χ0) is 14.4. The minimum Gasteiger partial charge on any atom is -0.497 e. The van der Waals surface area contributed by atoms with E-state index in [0.29, 0.717) is 0 Å². The Balaban J connectivity index is 0.00000220. The maximum absolute atomic E-state index is 11.6. The first kappa shape index (κ1) is 14.3. The van der Waals surface area contributed by atoms with Gasteiger partial charge in [0.1, 0.15) is 5.75 Å². The van der Waals surface area contributed by atoms with Crippen molar-refractivity contribution in [2.24, 2.45) is 4.99 Å². The highest BCUT2D eigenvalue weighted by Gasteiger charge is 2.29. The van der Waals surface area contributed by atoms with Gasteiger partial charge in [0.25, 0.3) is 5.91 Å². The van der Waals surface area contributed by atoms with Gasteiger partial charge >= 0.3 is 0 Å². The van der Waals surface area contributed by atoms with Crippen molar-refractivity contribution in [1.82, 2.24) is 5.32 Å². The average molecular weight is 288 g/mol. The quantitative estimate of drug-likeness (QED) is 0.526. The van der Waals surface area contributed by atoms with Crippen LogP contribution in [0.25, 0.3) is 0 Å². The van der Waals surface area contributed by atoms with Crippen LogP contribution in [0.3, 0.4) is 0 Å². The van der Waals surface area contributed by atoms with E-state index in [4.69, 9.17) is 4.74 Å². The van der Waals surface area contributed by atoms with E-state index in [-0.39, 0.29) is 19.4 Å². The minimum atomic E-state index is -0.268. The minimum absolute atomic E-state index is 0. The summed E-state index contributed by atoms with van der Waals surface area (Å²) in [7, 11) is 1.60. The molecular weight excluding hydrogens is 272 g/mol. The van der Waals surface area contributed by atoms with Crippen LogP contribution < -0.4 is 10.1 Å². The molecule has 1 N–H and O–H groups in total. The molecule has 20 heavy (non-hydrogen) atoms. The number of ether oxygens (including phenoxy) is 1. The standard InChI is InChI=1S/C15H14N2O2S.H2/c1-19-14-5-2-11(3-6-14)4-7-15(18)17-13-8-12(9-13)16-10-20;/h2-3,5-6,12-13H,8-9H2,1H3,(H,17,18);1H. The molecule has 1 aromatic carbocycles. The SMILES string of the molecule is COc1ccc(C#CC(=O)NC2CC(N=C=S)C2)cc1.[HH]. The number of nitrogens with zero attached hydrogens (tertiary/aromatic N) is 1. The molecule has 1 aliphatic carbocycles. The summed E-state index contributed by atoms with van der Waals surface area (Å²) < 4.78 is 5.05. The Morgan fingerprint density at radius 1 is 1.45 bits per heavy atom. The maximum atomic E-state index is 11.6. The summed E-state index contributed by atoms with van der Waals surface area (Å²) in [4.78, 5) is 15.6. The lowest BCUT2D eigenvalue weighted by atomic mass is 9.87. The number of amides is 1. The molecule has 0 saturated heterocycles. The van der Waals surface area contributed by atoms with Gasteiger partial charge in [0.05, 0.1) is 18.3 Å². The predicted molar refractivity (Wildman–Crippen MR) is 82.0 cm³/mol. The molecule has 0 heterocycles. The van der Waals surface area contributed by atoms with Gasteiger partial charge in [0.2, 0.25) is 0 Å². The second-order valence-corrected chi connectivity index (χ2v) is 4.68. The number of isothiocyanates is 1. The molecule has 0 bridgehead atoms. The van der Waals surface area contributed by atoms with Gasteiger partial charge in [-0.1, -0.05) is 5.92 Å². The molecule has 4 nitrogen and oxygen atoms in total. The summed E-state index contributed by atoms with van der Waals surface area (Å²) in [6.45, 7) is 0. The van der Waals surface area contributed by atoms with Gasteiger partial charge in [-0.25, -0.2) is 4.99 Å². The van der Waals surface area contributed by atoms with E-state index >= 15 is 0 Å². The van der Waals surface area contributed by atoms with Gasteiger partial charge in [-0.15, -0.1) is 0 Å². The molecule has 0 unspecified atom stereocenters. The first-order valence-corrected chi connectivity index (χ1v) is 6.65. The fourth-order valence-electron chi connectivity index (χ4n) is 1.91. The number of carbonyl (C=O) groups excluding carboxylic acids is 1. The molecule has 2 rings (SSSR count). The van der Waals surface area contributed by atoms with Crippen molar-refractivity contribution in [3.05, 3.63) is 29.8 Å². The average Bonchev–Trinajstić information content (AvgIpc) is 2.43. The molecule has 0 radical (unpaired) electrons. The first-order valence-electron chi connectivity index (χ1n) is 6.25. The highest BCUT2D eigenvalue weighted by molar-refractivity contribution is 7.78. The van der Waals surface area contributed by atoms with Crippen molar-refractivity contribution < 1.29 is 11.0 Å². The van der Waals surface area contributed by atoms with Gasteiger partial charge in [-0.05, 0) is 49.3 Å². The third-order valence-corrected chi connectivity index (χ3v) is 3.20. The van der Waals surface area contributed by atoms with Crippen molar-refractivity contribution >= 4 is 23.3 Å². The van der Waals surface area contributed by atoms with Crippen LogP contribution in [0, 0.1) is 11.8 Å². The molecule has 1 aromatic rings. The van der Waals surface area contributed by atoms with Gasteiger partial charge in [0, 0.05) is 19.0 Å². The molecule has 1 aliphatic rings. The van der Waals surface area contributed by atoms with E-state index in [2.05, 4.69) is 39.5 Å². The van der Waals surface area contributed by atoms with Crippen molar-refractivity contribution in [3.63, 3.8) is 0 Å². The summed E-state index contributed by atoms with van der Waals surface area (Å²) in [5, 5.41) is 5.20. The molecule has 1 fully saturated rings. The van der Waals surface area contributed by atoms with Gasteiger partial charge in [0.15, 0.2) is 0 Å². The Labute approximate surface area is 124 Å². The Kier molecular flexibility index (Phi) is 4.89. The number of benzene rings is 1. The Morgan fingerprint density at radius 3 is 2.75 bits per heavy atom. The monoisotopic (exact) mass is 288 g/mol. The number of hydrogen-bond acceptors (Lipinski definition) is 4. The molecular formula is C15H16N2O2S. The van der Waals surface area contributed by atoms with Gasteiger partial charge in [-0.2, -0.15) is 0 Å². The highest BCUT2D eigenvalue weighted by Crippen LogP contribution is 2.22. The Bertz CT molecular complexity index is 594. The third kappa shape index (κ3) is 3.92. The normalized spacial score (nSPS) is 19.6. The molecule has 0 aromatic heterocycles. The van der Waals surface area contributed by atoms with E-state index in [1.54, 1.807) is 7.11 Å². The summed E-state index contributed by atoms with van der Waals surface area (Å²) in [6, 6.07) is 7.58. The summed E-state index contributed by atoms with van der Waals surface area (Å²) >= 11 is 4.53.